The molecule has 2 heteroatoms. The fraction of sp³-hybridized carbons (Fsp3) is 0.107. The predicted octanol–water partition coefficient (Wildman–Crippen LogP) is 6.57. The standard InChI is InChI=1S/C28H24N2/c1-21-16-18-22(19-17-21)20-30-26-15-9-8-14-25(26)29-28(30)27(23-10-4-2-5-11-23)24-12-6-3-7-13-24/h2-19,27H,20H2,1H3. The largest absolute Gasteiger partial charge is 0.323 e. The van der Waals surface area contributed by atoms with Crippen molar-refractivity contribution in [2.45, 2.75) is 19.4 Å². The van der Waals surface area contributed by atoms with Crippen LogP contribution < -0.4 is 0 Å². The summed E-state index contributed by atoms with van der Waals surface area (Å²) in [5, 5.41) is 0. The molecule has 5 aromatic rings. The highest BCUT2D eigenvalue weighted by atomic mass is 15.1. The number of aromatic nitrogens is 2. The Labute approximate surface area is 177 Å². The van der Waals surface area contributed by atoms with Crippen LogP contribution in [0, 0.1) is 6.92 Å². The lowest BCUT2D eigenvalue weighted by atomic mass is 9.90. The molecule has 0 spiro atoms. The molecule has 0 bridgehead atoms. The summed E-state index contributed by atoms with van der Waals surface area (Å²) in [6.07, 6.45) is 0. The van der Waals surface area contributed by atoms with Crippen molar-refractivity contribution in [2.75, 3.05) is 0 Å². The highest BCUT2D eigenvalue weighted by molar-refractivity contribution is 5.76. The van der Waals surface area contributed by atoms with Gasteiger partial charge in [-0.1, -0.05) is 103 Å². The average Bonchev–Trinajstić information content (AvgIpc) is 3.15. The molecular formula is C28H24N2. The summed E-state index contributed by atoms with van der Waals surface area (Å²) in [4.78, 5) is 5.14. The summed E-state index contributed by atoms with van der Waals surface area (Å²) in [7, 11) is 0. The van der Waals surface area contributed by atoms with Crippen molar-refractivity contribution in [3.05, 3.63) is 137 Å². The van der Waals surface area contributed by atoms with Crippen LogP contribution in [0.1, 0.15) is 34.0 Å². The van der Waals surface area contributed by atoms with Crippen molar-refractivity contribution >= 4 is 11.0 Å². The molecule has 0 N–H and O–H groups in total. The maximum absolute atomic E-state index is 5.14. The SMILES string of the molecule is Cc1ccc(Cn2c(C(c3ccccc3)c3ccccc3)nc3ccccc32)cc1. The van der Waals surface area contributed by atoms with Crippen molar-refractivity contribution in [3.63, 3.8) is 0 Å². The number of benzene rings is 4. The van der Waals surface area contributed by atoms with Crippen molar-refractivity contribution in [1.29, 1.82) is 0 Å². The number of fused-ring (bicyclic) bond motifs is 1. The molecule has 0 aliphatic rings. The Morgan fingerprint density at radius 2 is 1.23 bits per heavy atom. The van der Waals surface area contributed by atoms with E-state index in [1.165, 1.54) is 27.8 Å². The Hall–Kier alpha value is -3.65. The second-order valence-electron chi connectivity index (χ2n) is 7.78. The first-order valence-corrected chi connectivity index (χ1v) is 10.4. The van der Waals surface area contributed by atoms with Crippen molar-refractivity contribution < 1.29 is 0 Å². The van der Waals surface area contributed by atoms with E-state index in [4.69, 9.17) is 4.98 Å². The summed E-state index contributed by atoms with van der Waals surface area (Å²) in [6, 6.07) is 38.6. The molecule has 0 saturated carbocycles. The Morgan fingerprint density at radius 1 is 0.667 bits per heavy atom. The van der Waals surface area contributed by atoms with Gasteiger partial charge in [-0.05, 0) is 35.7 Å². The second kappa shape index (κ2) is 8.00. The maximum Gasteiger partial charge on any atom is 0.122 e. The van der Waals surface area contributed by atoms with Gasteiger partial charge in [0, 0.05) is 6.54 Å². The lowest BCUT2D eigenvalue weighted by molar-refractivity contribution is 0.723. The van der Waals surface area contributed by atoms with Crippen LogP contribution in [0.4, 0.5) is 0 Å². The molecule has 5 rings (SSSR count). The van der Waals surface area contributed by atoms with E-state index in [0.29, 0.717) is 0 Å². The van der Waals surface area contributed by atoms with Gasteiger partial charge in [-0.15, -0.1) is 0 Å². The molecule has 146 valence electrons. The molecule has 0 saturated heterocycles. The number of nitrogens with zero attached hydrogens (tertiary/aromatic N) is 2. The van der Waals surface area contributed by atoms with Gasteiger partial charge in [0.2, 0.25) is 0 Å². The molecule has 1 aromatic heterocycles. The van der Waals surface area contributed by atoms with E-state index in [1.54, 1.807) is 0 Å². The summed E-state index contributed by atoms with van der Waals surface area (Å²) < 4.78 is 2.38. The van der Waals surface area contributed by atoms with Crippen LogP contribution in [0.3, 0.4) is 0 Å². The topological polar surface area (TPSA) is 17.8 Å². The lowest BCUT2D eigenvalue weighted by Gasteiger charge is -2.20. The van der Waals surface area contributed by atoms with Crippen LogP contribution in [0.2, 0.25) is 0 Å². The second-order valence-corrected chi connectivity index (χ2v) is 7.78. The van der Waals surface area contributed by atoms with E-state index in [0.717, 1.165) is 17.9 Å². The van der Waals surface area contributed by atoms with E-state index in [-0.39, 0.29) is 5.92 Å². The Kier molecular flexibility index (Phi) is 4.90. The zero-order valence-electron chi connectivity index (χ0n) is 17.1. The number of hydrogen-bond donors (Lipinski definition) is 0. The number of hydrogen-bond acceptors (Lipinski definition) is 1. The number of para-hydroxylation sites is 2. The number of imidazole rings is 1. The highest BCUT2D eigenvalue weighted by Crippen LogP contribution is 2.33. The normalized spacial score (nSPS) is 11.3. The van der Waals surface area contributed by atoms with E-state index in [2.05, 4.69) is 121 Å². The predicted molar refractivity (Wildman–Crippen MR) is 124 cm³/mol. The number of rotatable bonds is 5. The first-order valence-electron chi connectivity index (χ1n) is 10.4. The molecule has 4 aromatic carbocycles. The smallest absolute Gasteiger partial charge is 0.122 e. The summed E-state index contributed by atoms with van der Waals surface area (Å²) >= 11 is 0. The molecule has 0 radical (unpaired) electrons. The third-order valence-electron chi connectivity index (χ3n) is 5.67. The molecule has 0 aliphatic heterocycles. The van der Waals surface area contributed by atoms with Crippen LogP contribution in [0.25, 0.3) is 11.0 Å². The van der Waals surface area contributed by atoms with E-state index in [1.807, 2.05) is 0 Å². The zero-order valence-corrected chi connectivity index (χ0v) is 17.1. The van der Waals surface area contributed by atoms with Gasteiger partial charge < -0.3 is 4.57 Å². The molecule has 0 unspecified atom stereocenters. The summed E-state index contributed by atoms with van der Waals surface area (Å²) in [6.45, 7) is 2.93. The molecule has 30 heavy (non-hydrogen) atoms. The zero-order chi connectivity index (χ0) is 20.3. The maximum atomic E-state index is 5.14. The molecule has 1 heterocycles. The van der Waals surface area contributed by atoms with Crippen LogP contribution in [-0.4, -0.2) is 9.55 Å². The van der Waals surface area contributed by atoms with Crippen LogP contribution in [0.5, 0.6) is 0 Å². The van der Waals surface area contributed by atoms with Crippen LogP contribution in [-0.2, 0) is 6.54 Å². The molecule has 2 nitrogen and oxygen atoms in total. The molecule has 0 fully saturated rings. The van der Waals surface area contributed by atoms with Crippen molar-refractivity contribution in [1.82, 2.24) is 9.55 Å². The van der Waals surface area contributed by atoms with Gasteiger partial charge in [0.15, 0.2) is 0 Å². The molecule has 0 amide bonds. The van der Waals surface area contributed by atoms with Crippen molar-refractivity contribution in [3.8, 4) is 0 Å². The quantitative estimate of drug-likeness (QED) is 0.333. The fourth-order valence-electron chi connectivity index (χ4n) is 4.14. The minimum Gasteiger partial charge on any atom is -0.323 e. The van der Waals surface area contributed by atoms with Gasteiger partial charge in [-0.2, -0.15) is 0 Å². The molecule has 0 aliphatic carbocycles. The average molecular weight is 389 g/mol. The van der Waals surface area contributed by atoms with E-state index in [9.17, 15) is 0 Å². The minimum atomic E-state index is 0.0743. The monoisotopic (exact) mass is 388 g/mol. The summed E-state index contributed by atoms with van der Waals surface area (Å²) in [5.74, 6) is 1.15. The Bertz CT molecular complexity index is 1210. The van der Waals surface area contributed by atoms with Crippen molar-refractivity contribution in [2.24, 2.45) is 0 Å². The first-order chi connectivity index (χ1) is 14.8. The third kappa shape index (κ3) is 3.53. The summed E-state index contributed by atoms with van der Waals surface area (Å²) in [5.41, 5.74) is 7.28. The molecular weight excluding hydrogens is 364 g/mol. The van der Waals surface area contributed by atoms with Gasteiger partial charge in [0.1, 0.15) is 5.82 Å². The van der Waals surface area contributed by atoms with Crippen LogP contribution in [0.15, 0.2) is 109 Å². The minimum absolute atomic E-state index is 0.0743. The fourth-order valence-corrected chi connectivity index (χ4v) is 4.14. The Morgan fingerprint density at radius 3 is 1.87 bits per heavy atom. The molecule has 0 atom stereocenters. The van der Waals surface area contributed by atoms with Gasteiger partial charge in [0.25, 0.3) is 0 Å². The Balaban J connectivity index is 1.72. The van der Waals surface area contributed by atoms with Crippen LogP contribution >= 0.6 is 0 Å². The van der Waals surface area contributed by atoms with Gasteiger partial charge in [-0.25, -0.2) is 4.98 Å². The van der Waals surface area contributed by atoms with Gasteiger partial charge >= 0.3 is 0 Å². The third-order valence-corrected chi connectivity index (χ3v) is 5.67. The lowest BCUT2D eigenvalue weighted by Crippen LogP contribution is -2.13. The van der Waals surface area contributed by atoms with E-state index < -0.39 is 0 Å². The highest BCUT2D eigenvalue weighted by Gasteiger charge is 2.23. The van der Waals surface area contributed by atoms with Gasteiger partial charge in [0.05, 0.1) is 17.0 Å². The van der Waals surface area contributed by atoms with E-state index >= 15 is 0 Å². The van der Waals surface area contributed by atoms with Gasteiger partial charge in [-0.3, -0.25) is 0 Å². The first kappa shape index (κ1) is 18.4. The number of aryl methyl sites for hydroxylation is 1.